The lowest BCUT2D eigenvalue weighted by atomic mass is 10.0. The molecule has 0 aliphatic carbocycles. The molecule has 2 aromatic carbocycles. The standard InChI is InChI=1S/C25H21ClFN5O2S/c26-17-5-3-16(4-6-17)21(31-13-11-30(12-14-31)19-9-7-18(27)8-10-19)22-24(33)32-25(35-22)28-23(29-32)20-2-1-15-34-20/h1-10,15,21,33H,11-14H2/p+1. The van der Waals surface area contributed by atoms with Gasteiger partial charge in [0.25, 0.3) is 0 Å². The van der Waals surface area contributed by atoms with E-state index in [2.05, 4.69) is 15.0 Å². The van der Waals surface area contributed by atoms with Crippen LogP contribution < -0.4 is 9.80 Å². The minimum absolute atomic E-state index is 0.0868. The topological polar surface area (TPSA) is 71.2 Å². The third-order valence-corrected chi connectivity index (χ3v) is 7.75. The zero-order valence-corrected chi connectivity index (χ0v) is 20.1. The van der Waals surface area contributed by atoms with E-state index in [0.29, 0.717) is 21.6 Å². The number of quaternary nitrogens is 1. The number of piperazine rings is 1. The maximum Gasteiger partial charge on any atom is 0.235 e. The second-order valence-corrected chi connectivity index (χ2v) is 9.95. The van der Waals surface area contributed by atoms with Crippen molar-refractivity contribution in [1.29, 1.82) is 0 Å². The Balaban J connectivity index is 1.33. The zero-order chi connectivity index (χ0) is 23.9. The van der Waals surface area contributed by atoms with E-state index in [4.69, 9.17) is 16.0 Å². The van der Waals surface area contributed by atoms with Crippen LogP contribution in [0.25, 0.3) is 16.5 Å². The predicted molar refractivity (Wildman–Crippen MR) is 133 cm³/mol. The van der Waals surface area contributed by atoms with Crippen molar-refractivity contribution in [1.82, 2.24) is 14.6 Å². The second-order valence-electron chi connectivity index (χ2n) is 8.50. The Kier molecular flexibility index (Phi) is 5.68. The molecular formula is C25H22ClFN5O2S+. The van der Waals surface area contributed by atoms with Gasteiger partial charge in [-0.25, -0.2) is 4.39 Å². The maximum absolute atomic E-state index is 13.4. The second kappa shape index (κ2) is 8.99. The highest BCUT2D eigenvalue weighted by Gasteiger charge is 2.35. The Morgan fingerprint density at radius 2 is 1.80 bits per heavy atom. The molecule has 6 rings (SSSR count). The molecule has 0 spiro atoms. The normalized spacial score (nSPS) is 15.7. The Hall–Kier alpha value is -3.40. The zero-order valence-electron chi connectivity index (χ0n) is 18.6. The number of aromatic hydroxyl groups is 1. The molecule has 10 heteroatoms. The van der Waals surface area contributed by atoms with Crippen LogP contribution in [0.4, 0.5) is 10.1 Å². The molecule has 1 saturated heterocycles. The number of furan rings is 1. The van der Waals surface area contributed by atoms with Crippen molar-refractivity contribution in [3.8, 4) is 17.5 Å². The van der Waals surface area contributed by atoms with E-state index in [1.54, 1.807) is 18.4 Å². The molecule has 0 radical (unpaired) electrons. The van der Waals surface area contributed by atoms with E-state index < -0.39 is 0 Å². The molecule has 5 aromatic rings. The van der Waals surface area contributed by atoms with Crippen molar-refractivity contribution < 1.29 is 18.8 Å². The van der Waals surface area contributed by atoms with Crippen LogP contribution >= 0.6 is 22.9 Å². The molecule has 1 unspecified atom stereocenters. The van der Waals surface area contributed by atoms with Crippen LogP contribution in [0.2, 0.25) is 5.02 Å². The summed E-state index contributed by atoms with van der Waals surface area (Å²) in [6.07, 6.45) is 1.57. The van der Waals surface area contributed by atoms with Gasteiger partial charge < -0.3 is 19.3 Å². The largest absolute Gasteiger partial charge is 0.492 e. The smallest absolute Gasteiger partial charge is 0.235 e. The van der Waals surface area contributed by atoms with Gasteiger partial charge in [-0.05, 0) is 48.5 Å². The van der Waals surface area contributed by atoms with Gasteiger partial charge in [-0.3, -0.25) is 0 Å². The number of benzene rings is 2. The number of fused-ring (bicyclic) bond motifs is 1. The lowest BCUT2D eigenvalue weighted by molar-refractivity contribution is -0.925. The average molecular weight is 511 g/mol. The predicted octanol–water partition coefficient (Wildman–Crippen LogP) is 4.04. The first kappa shape index (κ1) is 22.1. The Morgan fingerprint density at radius 1 is 1.06 bits per heavy atom. The van der Waals surface area contributed by atoms with E-state index in [0.717, 1.165) is 42.3 Å². The molecule has 178 valence electrons. The SMILES string of the molecule is Oc1c(C(c2ccc(Cl)cc2)[NH+]2CCN(c3ccc(F)cc3)CC2)sc2nc(-c3ccco3)nn12. The maximum atomic E-state index is 13.4. The van der Waals surface area contributed by atoms with Gasteiger partial charge in [0.1, 0.15) is 10.7 Å². The number of nitrogens with one attached hydrogen (secondary N) is 1. The number of rotatable bonds is 5. The summed E-state index contributed by atoms with van der Waals surface area (Å²) in [5.41, 5.74) is 2.08. The van der Waals surface area contributed by atoms with Gasteiger partial charge in [-0.2, -0.15) is 9.50 Å². The number of thiazole rings is 1. The number of nitrogens with zero attached hydrogens (tertiary/aromatic N) is 4. The summed E-state index contributed by atoms with van der Waals surface area (Å²) in [7, 11) is 0. The van der Waals surface area contributed by atoms with Crippen LogP contribution in [0.1, 0.15) is 16.5 Å². The third kappa shape index (κ3) is 4.16. The van der Waals surface area contributed by atoms with Crippen LogP contribution in [0.3, 0.4) is 0 Å². The summed E-state index contributed by atoms with van der Waals surface area (Å²) in [6, 6.07) is 17.9. The molecule has 0 bridgehead atoms. The molecule has 2 N–H and O–H groups in total. The quantitative estimate of drug-likeness (QED) is 0.373. The number of aromatic nitrogens is 3. The van der Waals surface area contributed by atoms with Crippen molar-refractivity contribution >= 4 is 33.6 Å². The van der Waals surface area contributed by atoms with E-state index in [9.17, 15) is 9.50 Å². The molecular weight excluding hydrogens is 489 g/mol. The van der Waals surface area contributed by atoms with Crippen molar-refractivity contribution in [2.24, 2.45) is 0 Å². The third-order valence-electron chi connectivity index (χ3n) is 6.41. The number of hydrogen-bond acceptors (Lipinski definition) is 6. The first-order valence-electron chi connectivity index (χ1n) is 11.3. The fourth-order valence-corrected chi connectivity index (χ4v) is 5.94. The summed E-state index contributed by atoms with van der Waals surface area (Å²) in [6.45, 7) is 3.31. The summed E-state index contributed by atoms with van der Waals surface area (Å²) in [5, 5.41) is 16.4. The van der Waals surface area contributed by atoms with Gasteiger partial charge in [0.05, 0.1) is 32.4 Å². The highest BCUT2D eigenvalue weighted by molar-refractivity contribution is 7.17. The van der Waals surface area contributed by atoms with E-state index in [1.807, 2.05) is 36.4 Å². The van der Waals surface area contributed by atoms with Gasteiger partial charge in [0.15, 0.2) is 11.8 Å². The van der Waals surface area contributed by atoms with Gasteiger partial charge in [-0.1, -0.05) is 35.1 Å². The van der Waals surface area contributed by atoms with Gasteiger partial charge in [-0.15, -0.1) is 5.10 Å². The summed E-state index contributed by atoms with van der Waals surface area (Å²) in [4.78, 5) is 9.57. The van der Waals surface area contributed by atoms with Gasteiger partial charge in [0, 0.05) is 16.3 Å². The molecule has 4 heterocycles. The highest BCUT2D eigenvalue weighted by atomic mass is 35.5. The molecule has 1 atom stereocenters. The fourth-order valence-electron chi connectivity index (χ4n) is 4.67. The Morgan fingerprint density at radius 3 is 2.46 bits per heavy atom. The Labute approximate surface area is 209 Å². The highest BCUT2D eigenvalue weighted by Crippen LogP contribution is 2.36. The molecule has 1 fully saturated rings. The monoisotopic (exact) mass is 510 g/mol. The molecule has 0 amide bonds. The average Bonchev–Trinajstić information content (AvgIpc) is 3.61. The van der Waals surface area contributed by atoms with Crippen LogP contribution in [0.5, 0.6) is 5.88 Å². The van der Waals surface area contributed by atoms with Crippen molar-refractivity contribution in [2.45, 2.75) is 6.04 Å². The molecule has 7 nitrogen and oxygen atoms in total. The van der Waals surface area contributed by atoms with Crippen LogP contribution in [0, 0.1) is 5.82 Å². The number of hydrogen-bond donors (Lipinski definition) is 2. The van der Waals surface area contributed by atoms with Crippen LogP contribution in [-0.4, -0.2) is 45.9 Å². The van der Waals surface area contributed by atoms with Crippen molar-refractivity contribution in [3.63, 3.8) is 0 Å². The van der Waals surface area contributed by atoms with E-state index in [-0.39, 0.29) is 17.7 Å². The van der Waals surface area contributed by atoms with Gasteiger partial charge in [0.2, 0.25) is 16.7 Å². The van der Waals surface area contributed by atoms with Gasteiger partial charge >= 0.3 is 0 Å². The molecule has 1 aliphatic heterocycles. The summed E-state index contributed by atoms with van der Waals surface area (Å²) in [5.74, 6) is 0.844. The fraction of sp³-hybridized carbons (Fsp3) is 0.200. The molecule has 0 saturated carbocycles. The first-order chi connectivity index (χ1) is 17.1. The Bertz CT molecular complexity index is 1440. The lowest BCUT2D eigenvalue weighted by Crippen LogP contribution is -3.15. The summed E-state index contributed by atoms with van der Waals surface area (Å²) >= 11 is 7.60. The number of anilines is 1. The first-order valence-corrected chi connectivity index (χ1v) is 12.5. The van der Waals surface area contributed by atoms with Crippen molar-refractivity contribution in [3.05, 3.63) is 88.2 Å². The lowest BCUT2D eigenvalue weighted by Gasteiger charge is -2.37. The van der Waals surface area contributed by atoms with Crippen LogP contribution in [-0.2, 0) is 0 Å². The van der Waals surface area contributed by atoms with Crippen molar-refractivity contribution in [2.75, 3.05) is 31.1 Å². The molecule has 3 aromatic heterocycles. The number of halogens is 2. The van der Waals surface area contributed by atoms with E-state index in [1.165, 1.54) is 32.9 Å². The molecule has 35 heavy (non-hydrogen) atoms. The summed E-state index contributed by atoms with van der Waals surface area (Å²) < 4.78 is 20.2. The molecule has 1 aliphatic rings. The minimum atomic E-state index is -0.234. The van der Waals surface area contributed by atoms with E-state index >= 15 is 0 Å². The minimum Gasteiger partial charge on any atom is -0.492 e. The van der Waals surface area contributed by atoms with Crippen LogP contribution in [0.15, 0.2) is 71.3 Å².